The zero-order chi connectivity index (χ0) is 14.4. The van der Waals surface area contributed by atoms with Crippen LogP contribution in [0.4, 0.5) is 0 Å². The number of carbonyl (C=O) groups excluding carboxylic acids is 1. The van der Waals surface area contributed by atoms with Crippen molar-refractivity contribution in [1.29, 1.82) is 0 Å². The van der Waals surface area contributed by atoms with Crippen LogP contribution in [0.2, 0.25) is 5.02 Å². The highest BCUT2D eigenvalue weighted by atomic mass is 35.5. The zero-order valence-corrected chi connectivity index (χ0v) is 12.2. The number of halogens is 1. The van der Waals surface area contributed by atoms with Crippen molar-refractivity contribution in [2.75, 3.05) is 19.8 Å². The van der Waals surface area contributed by atoms with Crippen LogP contribution >= 0.6 is 11.6 Å². The van der Waals surface area contributed by atoms with Crippen LogP contribution in [0.15, 0.2) is 24.3 Å². The third kappa shape index (κ3) is 3.87. The lowest BCUT2D eigenvalue weighted by molar-refractivity contribution is -0.136. The molecule has 2 rings (SSSR count). The van der Waals surface area contributed by atoms with Gasteiger partial charge in [0, 0.05) is 12.6 Å². The Kier molecular flexibility index (Phi) is 5.68. The number of benzene rings is 1. The predicted molar refractivity (Wildman–Crippen MR) is 78.0 cm³/mol. The summed E-state index contributed by atoms with van der Waals surface area (Å²) in [6.45, 7) is 0.309. The van der Waals surface area contributed by atoms with Crippen LogP contribution in [0.1, 0.15) is 25.7 Å². The first kappa shape index (κ1) is 15.1. The molecule has 110 valence electrons. The van der Waals surface area contributed by atoms with Crippen LogP contribution in [0.25, 0.3) is 0 Å². The Morgan fingerprint density at radius 3 is 2.70 bits per heavy atom. The summed E-state index contributed by atoms with van der Waals surface area (Å²) >= 11 is 5.99. The minimum absolute atomic E-state index is 0.0195. The van der Waals surface area contributed by atoms with Crippen LogP contribution in [-0.2, 0) is 4.79 Å². The number of nitrogens with zero attached hydrogens (tertiary/aromatic N) is 1. The molecule has 0 spiro atoms. The van der Waals surface area contributed by atoms with E-state index in [4.69, 9.17) is 21.4 Å². The summed E-state index contributed by atoms with van der Waals surface area (Å²) in [5.41, 5.74) is 0. The fourth-order valence-corrected chi connectivity index (χ4v) is 2.81. The molecule has 4 nitrogen and oxygen atoms in total. The van der Waals surface area contributed by atoms with E-state index in [0.29, 0.717) is 17.3 Å². The van der Waals surface area contributed by atoms with E-state index in [-0.39, 0.29) is 25.2 Å². The number of rotatable bonds is 6. The average molecular weight is 298 g/mol. The molecule has 1 aromatic carbocycles. The largest absolute Gasteiger partial charge is 0.482 e. The first-order chi connectivity index (χ1) is 9.72. The van der Waals surface area contributed by atoms with Crippen molar-refractivity contribution in [2.24, 2.45) is 0 Å². The minimum Gasteiger partial charge on any atom is -0.482 e. The van der Waals surface area contributed by atoms with Crippen molar-refractivity contribution in [3.8, 4) is 5.75 Å². The molecule has 1 aromatic rings. The summed E-state index contributed by atoms with van der Waals surface area (Å²) in [6, 6.07) is 7.33. The third-order valence-electron chi connectivity index (χ3n) is 3.61. The maximum absolute atomic E-state index is 12.3. The molecule has 1 saturated carbocycles. The van der Waals surface area contributed by atoms with Crippen molar-refractivity contribution in [3.05, 3.63) is 29.3 Å². The normalized spacial score (nSPS) is 15.3. The van der Waals surface area contributed by atoms with Gasteiger partial charge in [-0.15, -0.1) is 0 Å². The second-order valence-corrected chi connectivity index (χ2v) is 5.38. The standard InChI is InChI=1S/C15H20ClNO3/c16-13-7-3-4-8-14(13)20-11-15(19)17(9-10-18)12-5-1-2-6-12/h3-4,7-8,12,18H,1-2,5-6,9-11H2. The van der Waals surface area contributed by atoms with E-state index in [2.05, 4.69) is 0 Å². The summed E-state index contributed by atoms with van der Waals surface area (Å²) in [4.78, 5) is 14.0. The molecule has 1 aliphatic rings. The molecule has 0 unspecified atom stereocenters. The van der Waals surface area contributed by atoms with Crippen LogP contribution in [0, 0.1) is 0 Å². The number of para-hydroxylation sites is 1. The lowest BCUT2D eigenvalue weighted by Crippen LogP contribution is -2.43. The number of carbonyl (C=O) groups is 1. The Bertz CT molecular complexity index is 446. The van der Waals surface area contributed by atoms with E-state index < -0.39 is 0 Å². The van der Waals surface area contributed by atoms with E-state index in [9.17, 15) is 4.79 Å². The molecule has 0 radical (unpaired) electrons. The Labute approximate surface area is 124 Å². The van der Waals surface area contributed by atoms with Crippen molar-refractivity contribution in [1.82, 2.24) is 4.90 Å². The van der Waals surface area contributed by atoms with Gasteiger partial charge in [0.1, 0.15) is 5.75 Å². The molecule has 0 heterocycles. The lowest BCUT2D eigenvalue weighted by Gasteiger charge is -2.28. The average Bonchev–Trinajstić information content (AvgIpc) is 2.97. The van der Waals surface area contributed by atoms with Crippen LogP contribution in [0.3, 0.4) is 0 Å². The molecular formula is C15H20ClNO3. The zero-order valence-electron chi connectivity index (χ0n) is 11.4. The van der Waals surface area contributed by atoms with E-state index in [1.807, 2.05) is 12.1 Å². The summed E-state index contributed by atoms with van der Waals surface area (Å²) in [5.74, 6) is 0.420. The number of ether oxygens (including phenoxy) is 1. The SMILES string of the molecule is O=C(COc1ccccc1Cl)N(CCO)C1CCCC1. The number of amides is 1. The Morgan fingerprint density at radius 1 is 1.35 bits per heavy atom. The summed E-state index contributed by atoms with van der Waals surface area (Å²) < 4.78 is 5.48. The van der Waals surface area contributed by atoms with Gasteiger partial charge in [-0.3, -0.25) is 4.79 Å². The number of hydrogen-bond acceptors (Lipinski definition) is 3. The van der Waals surface area contributed by atoms with Gasteiger partial charge in [-0.25, -0.2) is 0 Å². The lowest BCUT2D eigenvalue weighted by atomic mass is 10.2. The molecule has 1 amide bonds. The molecular weight excluding hydrogens is 278 g/mol. The molecule has 0 aromatic heterocycles. The van der Waals surface area contributed by atoms with E-state index in [1.165, 1.54) is 0 Å². The van der Waals surface area contributed by atoms with Crippen molar-refractivity contribution in [2.45, 2.75) is 31.7 Å². The number of hydrogen-bond donors (Lipinski definition) is 1. The van der Waals surface area contributed by atoms with Gasteiger partial charge in [-0.1, -0.05) is 36.6 Å². The summed E-state index contributed by atoms with van der Waals surface area (Å²) in [5, 5.41) is 9.61. The third-order valence-corrected chi connectivity index (χ3v) is 3.93. The van der Waals surface area contributed by atoms with E-state index in [0.717, 1.165) is 25.7 Å². The molecule has 20 heavy (non-hydrogen) atoms. The maximum atomic E-state index is 12.3. The summed E-state index contributed by atoms with van der Waals surface area (Å²) in [7, 11) is 0. The predicted octanol–water partition coefficient (Wildman–Crippen LogP) is 2.48. The number of aliphatic hydroxyl groups excluding tert-OH is 1. The molecule has 1 N–H and O–H groups in total. The van der Waals surface area contributed by atoms with Gasteiger partial charge in [0.15, 0.2) is 6.61 Å². The highest BCUT2D eigenvalue weighted by molar-refractivity contribution is 6.32. The minimum atomic E-state index is -0.0918. The monoisotopic (exact) mass is 297 g/mol. The van der Waals surface area contributed by atoms with E-state index >= 15 is 0 Å². The van der Waals surface area contributed by atoms with E-state index in [1.54, 1.807) is 17.0 Å². The first-order valence-corrected chi connectivity index (χ1v) is 7.38. The maximum Gasteiger partial charge on any atom is 0.260 e. The second kappa shape index (κ2) is 7.50. The summed E-state index contributed by atoms with van der Waals surface area (Å²) in [6.07, 6.45) is 4.31. The van der Waals surface area contributed by atoms with Gasteiger partial charge in [-0.2, -0.15) is 0 Å². The van der Waals surface area contributed by atoms with Crippen molar-refractivity contribution < 1.29 is 14.6 Å². The highest BCUT2D eigenvalue weighted by Gasteiger charge is 2.26. The van der Waals surface area contributed by atoms with Gasteiger partial charge in [0.25, 0.3) is 5.91 Å². The van der Waals surface area contributed by atoms with Gasteiger partial charge >= 0.3 is 0 Å². The molecule has 1 aliphatic carbocycles. The van der Waals surface area contributed by atoms with Crippen molar-refractivity contribution in [3.63, 3.8) is 0 Å². The van der Waals surface area contributed by atoms with Gasteiger partial charge < -0.3 is 14.7 Å². The van der Waals surface area contributed by atoms with Gasteiger partial charge in [0.2, 0.25) is 0 Å². The Balaban J connectivity index is 1.93. The van der Waals surface area contributed by atoms with Gasteiger partial charge in [0.05, 0.1) is 11.6 Å². The fraction of sp³-hybridized carbons (Fsp3) is 0.533. The quantitative estimate of drug-likeness (QED) is 0.877. The van der Waals surface area contributed by atoms with Crippen LogP contribution in [0.5, 0.6) is 5.75 Å². The Hall–Kier alpha value is -1.26. The Morgan fingerprint density at radius 2 is 2.05 bits per heavy atom. The molecule has 5 heteroatoms. The second-order valence-electron chi connectivity index (χ2n) is 4.97. The molecule has 0 bridgehead atoms. The molecule has 0 saturated heterocycles. The van der Waals surface area contributed by atoms with Crippen LogP contribution in [-0.4, -0.2) is 41.7 Å². The highest BCUT2D eigenvalue weighted by Crippen LogP contribution is 2.25. The van der Waals surface area contributed by atoms with Gasteiger partial charge in [-0.05, 0) is 25.0 Å². The number of aliphatic hydroxyl groups is 1. The molecule has 0 aliphatic heterocycles. The smallest absolute Gasteiger partial charge is 0.260 e. The fourth-order valence-electron chi connectivity index (χ4n) is 2.62. The van der Waals surface area contributed by atoms with Crippen molar-refractivity contribution >= 4 is 17.5 Å². The first-order valence-electron chi connectivity index (χ1n) is 7.00. The molecule has 0 atom stereocenters. The van der Waals surface area contributed by atoms with Crippen LogP contribution < -0.4 is 4.74 Å². The topological polar surface area (TPSA) is 49.8 Å². The molecule has 1 fully saturated rings.